The Balaban J connectivity index is 2.71. The summed E-state index contributed by atoms with van der Waals surface area (Å²) in [6.45, 7) is 8.15. The number of carbonyl (C=O) groups is 1. The van der Waals surface area contributed by atoms with Gasteiger partial charge in [0.2, 0.25) is 0 Å². The topological polar surface area (TPSA) is 51.2 Å². The van der Waals surface area contributed by atoms with Gasteiger partial charge in [0.1, 0.15) is 5.54 Å². The second kappa shape index (κ2) is 7.50. The van der Waals surface area contributed by atoms with Crippen molar-refractivity contribution in [2.75, 3.05) is 12.4 Å². The molecule has 1 rings (SSSR count). The van der Waals surface area contributed by atoms with Gasteiger partial charge < -0.3 is 4.74 Å². The minimum Gasteiger partial charge on any atom is -0.465 e. The lowest BCUT2D eigenvalue weighted by atomic mass is 10.0. The lowest BCUT2D eigenvalue weighted by Gasteiger charge is -2.30. The molecule has 1 N–H and O–H groups in total. The minimum absolute atomic E-state index is 0.203. The Kier molecular flexibility index (Phi) is 6.31. The number of pyridine rings is 1. The molecule has 0 amide bonds. The van der Waals surface area contributed by atoms with Crippen LogP contribution in [0.2, 0.25) is 0 Å². The molecule has 0 radical (unpaired) electrons. The van der Waals surface area contributed by atoms with Gasteiger partial charge in [-0.25, -0.2) is 0 Å². The van der Waals surface area contributed by atoms with Crippen LogP contribution in [0, 0.1) is 0 Å². The van der Waals surface area contributed by atoms with E-state index in [1.54, 1.807) is 24.2 Å². The number of hydrogen-bond donors (Lipinski definition) is 1. The fraction of sp³-hybridized carbons (Fsp3) is 0.571. The van der Waals surface area contributed by atoms with Crippen molar-refractivity contribution in [2.45, 2.75) is 44.2 Å². The Morgan fingerprint density at radius 2 is 2.11 bits per heavy atom. The average molecular weight is 282 g/mol. The first-order chi connectivity index (χ1) is 8.98. The van der Waals surface area contributed by atoms with Crippen LogP contribution in [0.15, 0.2) is 29.4 Å². The van der Waals surface area contributed by atoms with Crippen molar-refractivity contribution in [3.05, 3.63) is 24.5 Å². The average Bonchev–Trinajstić information content (AvgIpc) is 2.37. The molecule has 1 unspecified atom stereocenters. The number of ether oxygens (including phenoxy) is 1. The Hall–Kier alpha value is -1.07. The second-order valence-corrected chi connectivity index (χ2v) is 5.87. The number of aromatic nitrogens is 1. The van der Waals surface area contributed by atoms with Crippen molar-refractivity contribution in [2.24, 2.45) is 0 Å². The maximum absolute atomic E-state index is 12.1. The van der Waals surface area contributed by atoms with Gasteiger partial charge in [-0.3, -0.25) is 15.1 Å². The molecule has 1 aromatic heterocycles. The molecule has 0 bridgehead atoms. The number of carbonyl (C=O) groups excluding carboxylic acids is 1. The summed E-state index contributed by atoms with van der Waals surface area (Å²) in [6.07, 6.45) is 3.50. The minimum atomic E-state index is -0.682. The summed E-state index contributed by atoms with van der Waals surface area (Å²) < 4.78 is 5.17. The highest BCUT2D eigenvalue weighted by Crippen LogP contribution is 2.23. The van der Waals surface area contributed by atoms with Crippen LogP contribution in [0.4, 0.5) is 0 Å². The van der Waals surface area contributed by atoms with Gasteiger partial charge in [-0.1, -0.05) is 0 Å². The zero-order chi connectivity index (χ0) is 14.3. The molecule has 5 heteroatoms. The van der Waals surface area contributed by atoms with E-state index in [0.717, 1.165) is 4.90 Å². The number of esters is 1. The fourth-order valence-corrected chi connectivity index (χ4v) is 2.72. The Morgan fingerprint density at radius 1 is 1.47 bits per heavy atom. The van der Waals surface area contributed by atoms with E-state index in [9.17, 15) is 4.79 Å². The lowest BCUT2D eigenvalue weighted by Crippen LogP contribution is -2.55. The maximum atomic E-state index is 12.1. The van der Waals surface area contributed by atoms with Gasteiger partial charge in [0.25, 0.3) is 0 Å². The second-order valence-electron chi connectivity index (χ2n) is 4.82. The number of nitrogens with zero attached hydrogens (tertiary/aromatic N) is 1. The number of rotatable bonds is 7. The van der Waals surface area contributed by atoms with Crippen molar-refractivity contribution in [3.8, 4) is 0 Å². The molecule has 0 aliphatic heterocycles. The summed E-state index contributed by atoms with van der Waals surface area (Å²) in [5.74, 6) is 0.416. The molecular weight excluding hydrogens is 260 g/mol. The first kappa shape index (κ1) is 16.0. The number of thioether (sulfide) groups is 1. The summed E-state index contributed by atoms with van der Waals surface area (Å²) in [7, 11) is 0. The summed E-state index contributed by atoms with van der Waals surface area (Å²) in [5.41, 5.74) is -0.682. The zero-order valence-electron chi connectivity index (χ0n) is 12.0. The molecule has 0 saturated carbocycles. The molecule has 106 valence electrons. The predicted molar refractivity (Wildman–Crippen MR) is 78.3 cm³/mol. The molecule has 0 aliphatic rings. The van der Waals surface area contributed by atoms with Crippen LogP contribution in [0.25, 0.3) is 0 Å². The van der Waals surface area contributed by atoms with Gasteiger partial charge in [-0.15, -0.1) is 11.8 Å². The smallest absolute Gasteiger partial charge is 0.326 e. The summed E-state index contributed by atoms with van der Waals surface area (Å²) >= 11 is 1.62. The van der Waals surface area contributed by atoms with E-state index in [0.29, 0.717) is 12.4 Å². The van der Waals surface area contributed by atoms with Crippen molar-refractivity contribution in [1.29, 1.82) is 0 Å². The van der Waals surface area contributed by atoms with Gasteiger partial charge in [0.05, 0.1) is 6.61 Å². The summed E-state index contributed by atoms with van der Waals surface area (Å²) in [5, 5.41) is 3.30. The third-order valence-corrected chi connectivity index (χ3v) is 3.84. The fourth-order valence-electron chi connectivity index (χ4n) is 1.75. The van der Waals surface area contributed by atoms with Gasteiger partial charge in [-0.2, -0.15) is 0 Å². The van der Waals surface area contributed by atoms with Crippen LogP contribution in [-0.4, -0.2) is 34.9 Å². The SMILES string of the molecule is CCOC(=O)C(C)(CSc1ccncc1)NC(C)C. The number of nitrogens with one attached hydrogen (secondary N) is 1. The van der Waals surface area contributed by atoms with E-state index in [-0.39, 0.29) is 12.0 Å². The Bertz CT molecular complexity index is 398. The molecule has 0 spiro atoms. The third kappa shape index (κ3) is 5.20. The molecule has 0 aromatic carbocycles. The quantitative estimate of drug-likeness (QED) is 0.615. The normalized spacial score (nSPS) is 14.2. The van der Waals surface area contributed by atoms with E-state index < -0.39 is 5.54 Å². The van der Waals surface area contributed by atoms with E-state index in [1.165, 1.54) is 0 Å². The van der Waals surface area contributed by atoms with Crippen LogP contribution < -0.4 is 5.32 Å². The van der Waals surface area contributed by atoms with Gasteiger partial charge in [0, 0.05) is 29.1 Å². The van der Waals surface area contributed by atoms with Crippen LogP contribution in [0.3, 0.4) is 0 Å². The molecule has 1 atom stereocenters. The maximum Gasteiger partial charge on any atom is 0.326 e. The van der Waals surface area contributed by atoms with Crippen molar-refractivity contribution >= 4 is 17.7 Å². The van der Waals surface area contributed by atoms with E-state index >= 15 is 0 Å². The molecule has 0 aliphatic carbocycles. The molecule has 0 saturated heterocycles. The summed E-state index contributed by atoms with van der Waals surface area (Å²) in [6, 6.07) is 4.09. The first-order valence-corrected chi connectivity index (χ1v) is 7.44. The molecular formula is C14H22N2O2S. The van der Waals surface area contributed by atoms with Crippen LogP contribution in [-0.2, 0) is 9.53 Å². The highest BCUT2D eigenvalue weighted by molar-refractivity contribution is 7.99. The van der Waals surface area contributed by atoms with Gasteiger partial charge >= 0.3 is 5.97 Å². The van der Waals surface area contributed by atoms with Crippen molar-refractivity contribution in [3.63, 3.8) is 0 Å². The van der Waals surface area contributed by atoms with Crippen molar-refractivity contribution < 1.29 is 9.53 Å². The Labute approximate surface area is 119 Å². The van der Waals surface area contributed by atoms with E-state index in [1.807, 2.05) is 39.8 Å². The van der Waals surface area contributed by atoms with Crippen molar-refractivity contribution in [1.82, 2.24) is 10.3 Å². The summed E-state index contributed by atoms with van der Waals surface area (Å²) in [4.78, 5) is 17.2. The molecule has 0 fully saturated rings. The van der Waals surface area contributed by atoms with Gasteiger partial charge in [-0.05, 0) is 39.8 Å². The standard InChI is InChI=1S/C14H22N2O2S/c1-5-18-13(17)14(4,16-11(2)3)10-19-12-6-8-15-9-7-12/h6-9,11,16H,5,10H2,1-4H3. The number of hydrogen-bond acceptors (Lipinski definition) is 5. The largest absolute Gasteiger partial charge is 0.465 e. The molecule has 4 nitrogen and oxygen atoms in total. The lowest BCUT2D eigenvalue weighted by molar-refractivity contribution is -0.149. The highest BCUT2D eigenvalue weighted by Gasteiger charge is 2.35. The van der Waals surface area contributed by atoms with Crippen LogP contribution in [0.5, 0.6) is 0 Å². The van der Waals surface area contributed by atoms with E-state index in [4.69, 9.17) is 4.74 Å². The van der Waals surface area contributed by atoms with Crippen LogP contribution >= 0.6 is 11.8 Å². The van der Waals surface area contributed by atoms with E-state index in [2.05, 4.69) is 10.3 Å². The third-order valence-electron chi connectivity index (χ3n) is 2.51. The molecule has 1 heterocycles. The van der Waals surface area contributed by atoms with Crippen LogP contribution in [0.1, 0.15) is 27.7 Å². The molecule has 19 heavy (non-hydrogen) atoms. The predicted octanol–water partition coefficient (Wildman–Crippen LogP) is 2.49. The Morgan fingerprint density at radius 3 is 2.63 bits per heavy atom. The highest BCUT2D eigenvalue weighted by atomic mass is 32.2. The molecule has 1 aromatic rings. The zero-order valence-corrected chi connectivity index (χ0v) is 12.8. The van der Waals surface area contributed by atoms with Gasteiger partial charge in [0.15, 0.2) is 0 Å². The monoisotopic (exact) mass is 282 g/mol. The first-order valence-electron chi connectivity index (χ1n) is 6.45.